The highest BCUT2D eigenvalue weighted by Crippen LogP contribution is 2.67. The van der Waals surface area contributed by atoms with E-state index in [0.29, 0.717) is 60.4 Å². The predicted molar refractivity (Wildman–Crippen MR) is 530 cm³/mol. The fourth-order valence-corrected chi connectivity index (χ4v) is 33.6. The van der Waals surface area contributed by atoms with E-state index < -0.39 is 44.7 Å². The van der Waals surface area contributed by atoms with Gasteiger partial charge in [-0.05, 0) is 197 Å². The van der Waals surface area contributed by atoms with E-state index in [4.69, 9.17) is 0 Å². The molecule has 0 radical (unpaired) electrons. The lowest BCUT2D eigenvalue weighted by molar-refractivity contribution is 0.0389. The second kappa shape index (κ2) is 36.3. The average molecular weight is 1900 g/mol. The van der Waals surface area contributed by atoms with Crippen molar-refractivity contribution < 1.29 is 39.6 Å². The van der Waals surface area contributed by atoms with Crippen molar-refractivity contribution in [3.8, 4) is 23.0 Å². The summed E-state index contributed by atoms with van der Waals surface area (Å²) in [7, 11) is 0. The molecular weight excluding hydrogens is 1790 g/mol. The number of carbonyl (C=O) groups excluding carboxylic acids is 4. The molecule has 0 bridgehead atoms. The third kappa shape index (κ3) is 14.6. The fourth-order valence-electron chi connectivity index (χ4n) is 27.0. The zero-order valence-electron chi connectivity index (χ0n) is 76.4. The smallest absolute Gasteiger partial charge is 0.278 e. The Bertz CT molecular complexity index is 6210. The quantitative estimate of drug-likeness (QED) is 0.121. The van der Waals surface area contributed by atoms with Crippen LogP contribution in [0.4, 0.5) is 0 Å². The SMILES string of the molecule is O=C1c2c(O)c(=O)ccn2N(C2c3ccccc3CSC3CCCC32)C2CCCCN12.O=C1c2c(O)c(=O)ccn2N(C2c3ccccc3SC3(c4ccccc4)CCCCC23)C2CCCCN12.O=C1c2c(O)c(=O)ccn2N([C@H]2c3ccccc3CSC3CCCC32)[C@@H]2CCCCN12.O=C1c2c(O)c(=O)ccn2N([C@H]2c3ccccc3SC3(c4ccccc4)CCCCC23)[C@@H]2CCCCN12. The molecule has 16 aliphatic rings. The number of hydrogen-bond acceptors (Lipinski definition) is 20. The van der Waals surface area contributed by atoms with Gasteiger partial charge in [0.25, 0.3) is 23.6 Å². The summed E-state index contributed by atoms with van der Waals surface area (Å²) in [6, 6.07) is 62.5. The van der Waals surface area contributed by atoms with Gasteiger partial charge in [-0.3, -0.25) is 77.1 Å². The molecule has 26 rings (SSSR count). The maximum atomic E-state index is 13.6. The topological polar surface area (TPSA) is 263 Å². The van der Waals surface area contributed by atoms with Crippen LogP contribution >= 0.6 is 47.0 Å². The van der Waals surface area contributed by atoms with Gasteiger partial charge in [-0.25, -0.2) is 0 Å². The molecule has 136 heavy (non-hydrogen) atoms. The molecule has 10 aromatic rings. The van der Waals surface area contributed by atoms with Gasteiger partial charge in [0.2, 0.25) is 21.7 Å². The first-order chi connectivity index (χ1) is 66.5. The van der Waals surface area contributed by atoms with E-state index in [-0.39, 0.29) is 105 Å². The van der Waals surface area contributed by atoms with Crippen LogP contribution in [0.1, 0.15) is 278 Å². The normalized spacial score (nSPS) is 29.1. The number of pyridine rings is 4. The van der Waals surface area contributed by atoms with E-state index in [1.807, 2.05) is 61.8 Å². The Kier molecular flexibility index (Phi) is 23.7. The van der Waals surface area contributed by atoms with Crippen LogP contribution in [0.15, 0.2) is 236 Å². The highest BCUT2D eigenvalue weighted by molar-refractivity contribution is 8.00. The van der Waals surface area contributed by atoms with Crippen molar-refractivity contribution in [1.82, 2.24) is 38.3 Å². The van der Waals surface area contributed by atoms with Crippen molar-refractivity contribution in [2.75, 3.05) is 46.2 Å². The summed E-state index contributed by atoms with van der Waals surface area (Å²) in [4.78, 5) is 114. The van der Waals surface area contributed by atoms with Crippen LogP contribution in [0.25, 0.3) is 0 Å². The number of benzene rings is 6. The Morgan fingerprint density at radius 3 is 0.912 bits per heavy atom. The molecule has 12 aliphatic heterocycles. The summed E-state index contributed by atoms with van der Waals surface area (Å²) in [5.74, 6) is 0.877. The summed E-state index contributed by atoms with van der Waals surface area (Å²) >= 11 is 8.15. The highest BCUT2D eigenvalue weighted by atomic mass is 32.2. The maximum absolute atomic E-state index is 13.6. The van der Waals surface area contributed by atoms with Crippen LogP contribution in [0, 0.1) is 23.7 Å². The van der Waals surface area contributed by atoms with Crippen molar-refractivity contribution in [2.45, 2.75) is 257 Å². The highest BCUT2D eigenvalue weighted by Gasteiger charge is 2.60. The van der Waals surface area contributed by atoms with Gasteiger partial charge in [0, 0.05) is 119 Å². The molecular formula is C108H116N12O12S4. The summed E-state index contributed by atoms with van der Waals surface area (Å²) in [5.41, 5.74) is 9.08. The van der Waals surface area contributed by atoms with Crippen molar-refractivity contribution >= 4 is 70.7 Å². The molecule has 8 fully saturated rings. The Balaban J connectivity index is 0.000000102. The van der Waals surface area contributed by atoms with Gasteiger partial charge in [-0.15, -0.1) is 23.5 Å². The molecule has 704 valence electrons. The zero-order chi connectivity index (χ0) is 92.5. The molecule has 4 saturated heterocycles. The van der Waals surface area contributed by atoms with E-state index in [1.54, 1.807) is 24.8 Å². The van der Waals surface area contributed by atoms with E-state index in [9.17, 15) is 58.8 Å². The number of aromatic nitrogens is 4. The lowest BCUT2D eigenvalue weighted by Gasteiger charge is -2.58. The molecule has 4 aliphatic carbocycles. The third-order valence-electron chi connectivity index (χ3n) is 33.0. The molecule has 24 nitrogen and oxygen atoms in total. The second-order valence-electron chi connectivity index (χ2n) is 39.9. The summed E-state index contributed by atoms with van der Waals surface area (Å²) < 4.78 is 7.12. The summed E-state index contributed by atoms with van der Waals surface area (Å²) in [6.45, 7) is 2.61. The first-order valence-electron chi connectivity index (χ1n) is 49.7. The Labute approximate surface area is 807 Å². The zero-order valence-corrected chi connectivity index (χ0v) is 79.7. The average Bonchev–Trinajstić information content (AvgIpc) is 0.935. The largest absolute Gasteiger partial charge is 0.502 e. The third-order valence-corrected chi connectivity index (χ3v) is 39.3. The molecule has 16 atom stereocenters. The first kappa shape index (κ1) is 88.8. The van der Waals surface area contributed by atoms with E-state index in [2.05, 4.69) is 201 Å². The lowest BCUT2D eigenvalue weighted by Crippen LogP contribution is -2.65. The van der Waals surface area contributed by atoms with Crippen LogP contribution in [-0.2, 0) is 21.0 Å². The molecule has 12 unspecified atom stereocenters. The summed E-state index contributed by atoms with van der Waals surface area (Å²) in [5, 5.41) is 53.6. The van der Waals surface area contributed by atoms with Gasteiger partial charge < -0.3 is 40.0 Å². The molecule has 16 heterocycles. The van der Waals surface area contributed by atoms with Gasteiger partial charge in [0.15, 0.2) is 45.8 Å². The number of amides is 4. The minimum atomic E-state index is -0.508. The minimum absolute atomic E-state index is 0.00249. The van der Waals surface area contributed by atoms with E-state index in [1.165, 1.54) is 130 Å². The Morgan fingerprint density at radius 1 is 0.279 bits per heavy atom. The number of carbonyl (C=O) groups is 4. The van der Waals surface area contributed by atoms with Gasteiger partial charge >= 0.3 is 0 Å². The summed E-state index contributed by atoms with van der Waals surface area (Å²) in [6.07, 6.45) is 34.3. The Morgan fingerprint density at radius 2 is 0.574 bits per heavy atom. The molecule has 28 heteroatoms. The van der Waals surface area contributed by atoms with Crippen molar-refractivity contribution in [2.24, 2.45) is 23.7 Å². The van der Waals surface area contributed by atoms with Crippen LogP contribution < -0.4 is 41.8 Å². The number of hydrogen-bond donors (Lipinski definition) is 4. The van der Waals surface area contributed by atoms with Gasteiger partial charge in [-0.1, -0.05) is 184 Å². The van der Waals surface area contributed by atoms with Crippen LogP contribution in [0.5, 0.6) is 23.0 Å². The molecule has 6 aromatic carbocycles. The van der Waals surface area contributed by atoms with E-state index >= 15 is 0 Å². The Hall–Kier alpha value is -11.2. The lowest BCUT2D eigenvalue weighted by atomic mass is 9.69. The van der Waals surface area contributed by atoms with Crippen molar-refractivity contribution in [1.29, 1.82) is 0 Å². The number of fused-ring (bicyclic) bond motifs is 16. The number of nitrogens with zero attached hydrogens (tertiary/aromatic N) is 12. The van der Waals surface area contributed by atoms with Crippen molar-refractivity contribution in [3.63, 3.8) is 0 Å². The van der Waals surface area contributed by atoms with Gasteiger partial charge in [0.1, 0.15) is 24.7 Å². The van der Waals surface area contributed by atoms with Crippen LogP contribution in [-0.4, -0.2) is 144 Å². The van der Waals surface area contributed by atoms with Gasteiger partial charge in [-0.2, -0.15) is 23.5 Å². The number of aromatic hydroxyl groups is 4. The molecule has 0 spiro atoms. The first-order valence-corrected chi connectivity index (χ1v) is 53.5. The number of rotatable bonds is 6. The number of piperidine rings is 4. The van der Waals surface area contributed by atoms with Gasteiger partial charge in [0.05, 0.1) is 33.7 Å². The number of thioether (sulfide) groups is 4. The van der Waals surface area contributed by atoms with Crippen molar-refractivity contribution in [3.05, 3.63) is 315 Å². The van der Waals surface area contributed by atoms with E-state index in [0.717, 1.165) is 127 Å². The second-order valence-corrected chi connectivity index (χ2v) is 45.1. The molecule has 4 saturated carbocycles. The van der Waals surface area contributed by atoms with Crippen LogP contribution in [0.2, 0.25) is 0 Å². The minimum Gasteiger partial charge on any atom is -0.502 e. The predicted octanol–water partition coefficient (Wildman–Crippen LogP) is 18.0. The maximum Gasteiger partial charge on any atom is 0.278 e. The molecule has 4 aromatic heterocycles. The fraction of sp³-hybridized carbons (Fsp3) is 0.444. The monoisotopic (exact) mass is 1900 g/mol. The standard InChI is InChI=1S/2C30H31N3O3S.2C24H27N3O3S/c2*34-23-16-19-32-27(28(23)35)29(36)31-18-9-7-15-25(31)33(32)26-21-12-4-5-14-24(21)37-30(17-8-6-13-22(26)30)20-10-2-1-3-11-20;2*28-18-11-13-26-22(23(18)29)24(30)25-12-4-3-10-20(25)27(26)21-16-7-2-1-6-15(16)14-31-19-9-5-8-17(19)21/h2*1-5,10-12,14,16,19,22,25-26,35H,6-9,13,15,17-18H2;2*1-2,6-7,11,13,17,19-21,29H,3-5,8-10,12,14H2/t22?,25-,26+,30?;;17?,19?,20-,21+;/m1.1./s1. The molecule has 4 N–H and O–H groups in total. The van der Waals surface area contributed by atoms with Crippen LogP contribution in [0.3, 0.4) is 0 Å². The molecule has 4 amide bonds.